The molecule has 1 amide bonds. The first kappa shape index (κ1) is 15.0. The van der Waals surface area contributed by atoms with Gasteiger partial charge >= 0.3 is 0 Å². The van der Waals surface area contributed by atoms with Crippen molar-refractivity contribution in [2.45, 2.75) is 33.0 Å². The van der Waals surface area contributed by atoms with Gasteiger partial charge in [0.15, 0.2) is 0 Å². The van der Waals surface area contributed by atoms with Crippen LogP contribution in [-0.2, 0) is 17.9 Å². The number of hydrogen-bond donors (Lipinski definition) is 1. The number of aromatic nitrogens is 2. The number of likely N-dealkylation sites (N-methyl/N-ethyl adjacent to an activating group) is 1. The van der Waals surface area contributed by atoms with E-state index < -0.39 is 0 Å². The number of carbonyl (C=O) groups excluding carboxylic acids is 1. The molecule has 1 aromatic heterocycles. The predicted octanol–water partition coefficient (Wildman–Crippen LogP) is 0.155. The SMILES string of the molecule is CC(C)NCc1cn(CC(=O)N2CCN(C)CC2)cn1. The lowest BCUT2D eigenvalue weighted by molar-refractivity contribution is -0.133. The molecule has 1 N–H and O–H groups in total. The average molecular weight is 279 g/mol. The number of imidazole rings is 1. The molecule has 6 nitrogen and oxygen atoms in total. The standard InChI is InChI=1S/C14H25N5O/c1-12(2)15-8-13-9-18(11-16-13)10-14(20)19-6-4-17(3)5-7-19/h9,11-12,15H,4-8,10H2,1-3H3. The summed E-state index contributed by atoms with van der Waals surface area (Å²) in [7, 11) is 2.09. The van der Waals surface area contributed by atoms with Crippen LogP contribution in [0.25, 0.3) is 0 Å². The summed E-state index contributed by atoms with van der Waals surface area (Å²) in [5, 5.41) is 3.32. The van der Waals surface area contributed by atoms with E-state index in [0.717, 1.165) is 38.4 Å². The molecule has 0 atom stereocenters. The molecule has 0 unspecified atom stereocenters. The van der Waals surface area contributed by atoms with Gasteiger partial charge in [-0.25, -0.2) is 4.98 Å². The summed E-state index contributed by atoms with van der Waals surface area (Å²) in [5.74, 6) is 0.180. The number of nitrogens with one attached hydrogen (secondary N) is 1. The average Bonchev–Trinajstić information content (AvgIpc) is 2.84. The highest BCUT2D eigenvalue weighted by molar-refractivity contribution is 5.76. The Morgan fingerprint density at radius 3 is 2.70 bits per heavy atom. The second-order valence-electron chi connectivity index (χ2n) is 5.76. The van der Waals surface area contributed by atoms with Crippen molar-refractivity contribution >= 4 is 5.91 Å². The molecule has 6 heteroatoms. The highest BCUT2D eigenvalue weighted by Crippen LogP contribution is 2.03. The quantitative estimate of drug-likeness (QED) is 0.834. The summed E-state index contributed by atoms with van der Waals surface area (Å²) in [4.78, 5) is 20.7. The van der Waals surface area contributed by atoms with Gasteiger partial charge < -0.3 is 19.7 Å². The maximum Gasteiger partial charge on any atom is 0.242 e. The summed E-state index contributed by atoms with van der Waals surface area (Å²) in [6.07, 6.45) is 3.69. The van der Waals surface area contributed by atoms with Gasteiger partial charge in [-0.05, 0) is 7.05 Å². The molecule has 0 aliphatic carbocycles. The number of amides is 1. The Kier molecular flexibility index (Phi) is 5.14. The van der Waals surface area contributed by atoms with Gasteiger partial charge in [0.05, 0.1) is 12.0 Å². The smallest absolute Gasteiger partial charge is 0.242 e. The Morgan fingerprint density at radius 2 is 2.05 bits per heavy atom. The van der Waals surface area contributed by atoms with Gasteiger partial charge in [-0.2, -0.15) is 0 Å². The van der Waals surface area contributed by atoms with Crippen LogP contribution in [0.1, 0.15) is 19.5 Å². The normalized spacial score (nSPS) is 16.9. The molecular formula is C14H25N5O. The fraction of sp³-hybridized carbons (Fsp3) is 0.714. The monoisotopic (exact) mass is 279 g/mol. The molecule has 2 rings (SSSR count). The van der Waals surface area contributed by atoms with E-state index in [2.05, 4.69) is 36.1 Å². The first-order valence-corrected chi connectivity index (χ1v) is 7.25. The van der Waals surface area contributed by atoms with Crippen LogP contribution in [0, 0.1) is 0 Å². The van der Waals surface area contributed by atoms with E-state index in [4.69, 9.17) is 0 Å². The number of nitrogens with zero attached hydrogens (tertiary/aromatic N) is 4. The minimum absolute atomic E-state index is 0.180. The minimum Gasteiger partial charge on any atom is -0.339 e. The molecule has 0 saturated carbocycles. The molecule has 1 aromatic rings. The Balaban J connectivity index is 1.82. The van der Waals surface area contributed by atoms with Crippen molar-refractivity contribution in [3.63, 3.8) is 0 Å². The van der Waals surface area contributed by atoms with E-state index in [1.807, 2.05) is 15.7 Å². The fourth-order valence-corrected chi connectivity index (χ4v) is 2.20. The van der Waals surface area contributed by atoms with Gasteiger partial charge in [-0.15, -0.1) is 0 Å². The van der Waals surface area contributed by atoms with Crippen LogP contribution < -0.4 is 5.32 Å². The topological polar surface area (TPSA) is 53.4 Å². The number of rotatable bonds is 5. The van der Waals surface area contributed by atoms with Gasteiger partial charge in [-0.1, -0.05) is 13.8 Å². The van der Waals surface area contributed by atoms with Gasteiger partial charge in [0, 0.05) is 45.0 Å². The van der Waals surface area contributed by atoms with E-state index in [-0.39, 0.29) is 5.91 Å². The molecule has 0 aromatic carbocycles. The van der Waals surface area contributed by atoms with Crippen LogP contribution in [0.3, 0.4) is 0 Å². The lowest BCUT2D eigenvalue weighted by atomic mass is 10.3. The molecule has 1 aliphatic rings. The lowest BCUT2D eigenvalue weighted by Gasteiger charge is -2.32. The van der Waals surface area contributed by atoms with Crippen LogP contribution in [0.4, 0.5) is 0 Å². The summed E-state index contributed by atoms with van der Waals surface area (Å²) < 4.78 is 1.87. The molecular weight excluding hydrogens is 254 g/mol. The summed E-state index contributed by atoms with van der Waals surface area (Å²) in [5.41, 5.74) is 0.977. The maximum atomic E-state index is 12.2. The Labute approximate surface area is 120 Å². The molecule has 1 fully saturated rings. The molecule has 112 valence electrons. The highest BCUT2D eigenvalue weighted by atomic mass is 16.2. The molecule has 0 radical (unpaired) electrons. The zero-order valence-corrected chi connectivity index (χ0v) is 12.7. The number of piperazine rings is 1. The van der Waals surface area contributed by atoms with Gasteiger partial charge in [0.25, 0.3) is 0 Å². The molecule has 1 saturated heterocycles. The predicted molar refractivity (Wildman–Crippen MR) is 78.3 cm³/mol. The Morgan fingerprint density at radius 1 is 1.35 bits per heavy atom. The van der Waals surface area contributed by atoms with Gasteiger partial charge in [-0.3, -0.25) is 4.79 Å². The van der Waals surface area contributed by atoms with Gasteiger partial charge in [0.1, 0.15) is 6.54 Å². The molecule has 1 aliphatic heterocycles. The Hall–Kier alpha value is -1.40. The van der Waals surface area contributed by atoms with Crippen molar-refractivity contribution < 1.29 is 4.79 Å². The van der Waals surface area contributed by atoms with Crippen molar-refractivity contribution in [1.29, 1.82) is 0 Å². The van der Waals surface area contributed by atoms with Crippen molar-refractivity contribution in [3.05, 3.63) is 18.2 Å². The zero-order chi connectivity index (χ0) is 14.5. The number of hydrogen-bond acceptors (Lipinski definition) is 4. The molecule has 0 bridgehead atoms. The fourth-order valence-electron chi connectivity index (χ4n) is 2.20. The summed E-state index contributed by atoms with van der Waals surface area (Å²) in [6.45, 7) is 8.91. The van der Waals surface area contributed by atoms with Crippen molar-refractivity contribution in [3.8, 4) is 0 Å². The van der Waals surface area contributed by atoms with Crippen molar-refractivity contribution in [2.24, 2.45) is 0 Å². The van der Waals surface area contributed by atoms with Crippen molar-refractivity contribution in [2.75, 3.05) is 33.2 Å². The first-order chi connectivity index (χ1) is 9.54. The molecule has 2 heterocycles. The lowest BCUT2D eigenvalue weighted by Crippen LogP contribution is -2.48. The third-order valence-corrected chi connectivity index (χ3v) is 3.55. The maximum absolute atomic E-state index is 12.2. The van der Waals surface area contributed by atoms with E-state index in [1.54, 1.807) is 6.33 Å². The van der Waals surface area contributed by atoms with E-state index in [0.29, 0.717) is 12.6 Å². The second kappa shape index (κ2) is 6.85. The first-order valence-electron chi connectivity index (χ1n) is 7.25. The zero-order valence-electron chi connectivity index (χ0n) is 12.7. The molecule has 0 spiro atoms. The summed E-state index contributed by atoms with van der Waals surface area (Å²) >= 11 is 0. The largest absolute Gasteiger partial charge is 0.339 e. The Bertz CT molecular complexity index is 435. The third-order valence-electron chi connectivity index (χ3n) is 3.55. The van der Waals surface area contributed by atoms with Crippen LogP contribution in [0.5, 0.6) is 0 Å². The van der Waals surface area contributed by atoms with Crippen LogP contribution in [0.15, 0.2) is 12.5 Å². The summed E-state index contributed by atoms with van der Waals surface area (Å²) in [6, 6.07) is 0.437. The van der Waals surface area contributed by atoms with Crippen molar-refractivity contribution in [1.82, 2.24) is 24.7 Å². The number of carbonyl (C=O) groups is 1. The van der Waals surface area contributed by atoms with Gasteiger partial charge in [0.2, 0.25) is 5.91 Å². The van der Waals surface area contributed by atoms with Crippen LogP contribution >= 0.6 is 0 Å². The second-order valence-corrected chi connectivity index (χ2v) is 5.76. The van der Waals surface area contributed by atoms with E-state index >= 15 is 0 Å². The van der Waals surface area contributed by atoms with Crippen LogP contribution in [-0.4, -0.2) is 64.5 Å². The van der Waals surface area contributed by atoms with E-state index in [9.17, 15) is 4.79 Å². The molecule has 20 heavy (non-hydrogen) atoms. The minimum atomic E-state index is 0.180. The highest BCUT2D eigenvalue weighted by Gasteiger charge is 2.19. The third kappa shape index (κ3) is 4.31. The van der Waals surface area contributed by atoms with E-state index in [1.165, 1.54) is 0 Å². The van der Waals surface area contributed by atoms with Crippen LogP contribution in [0.2, 0.25) is 0 Å².